The number of carbonyl (C=O) groups excluding carboxylic acids is 1. The molecule has 0 aliphatic heterocycles. The molecule has 0 radical (unpaired) electrons. The van der Waals surface area contributed by atoms with Crippen LogP contribution in [0.1, 0.15) is 41.8 Å². The highest BCUT2D eigenvalue weighted by atomic mass is 16.1. The molecule has 0 saturated carbocycles. The second-order valence-electron chi connectivity index (χ2n) is 6.57. The number of carbonyl (C=O) groups is 1. The fourth-order valence-corrected chi connectivity index (χ4v) is 2.61. The second kappa shape index (κ2) is 11.0. The van der Waals surface area contributed by atoms with Crippen LogP contribution in [0, 0.1) is 0 Å². The monoisotopic (exact) mass is 366 g/mol. The van der Waals surface area contributed by atoms with Crippen LogP contribution < -0.4 is 16.0 Å². The third kappa shape index (κ3) is 7.13. The SMILES string of the molecule is CCC(C)NC(=O)c1cccc(CNC(=NC)NCCc2ccccc2)c1. The van der Waals surface area contributed by atoms with E-state index in [9.17, 15) is 4.79 Å². The van der Waals surface area contributed by atoms with E-state index < -0.39 is 0 Å². The molecule has 2 aromatic carbocycles. The predicted molar refractivity (Wildman–Crippen MR) is 112 cm³/mol. The average Bonchev–Trinajstić information content (AvgIpc) is 2.71. The Kier molecular flexibility index (Phi) is 8.36. The molecule has 2 rings (SSSR count). The zero-order chi connectivity index (χ0) is 19.5. The number of guanidine groups is 1. The van der Waals surface area contributed by atoms with Crippen molar-refractivity contribution in [3.8, 4) is 0 Å². The van der Waals surface area contributed by atoms with Crippen molar-refractivity contribution in [3.05, 3.63) is 71.3 Å². The molecule has 5 nitrogen and oxygen atoms in total. The molecule has 2 aromatic rings. The van der Waals surface area contributed by atoms with E-state index in [0.717, 1.165) is 30.9 Å². The Morgan fingerprint density at radius 3 is 2.48 bits per heavy atom. The van der Waals surface area contributed by atoms with Gasteiger partial charge in [-0.1, -0.05) is 49.4 Å². The molecule has 0 bridgehead atoms. The molecule has 1 unspecified atom stereocenters. The lowest BCUT2D eigenvalue weighted by molar-refractivity contribution is 0.0939. The van der Waals surface area contributed by atoms with Gasteiger partial charge in [0.2, 0.25) is 0 Å². The van der Waals surface area contributed by atoms with Crippen LogP contribution in [0.15, 0.2) is 59.6 Å². The van der Waals surface area contributed by atoms with E-state index in [0.29, 0.717) is 12.1 Å². The van der Waals surface area contributed by atoms with Crippen molar-refractivity contribution in [2.45, 2.75) is 39.3 Å². The van der Waals surface area contributed by atoms with Gasteiger partial charge in [-0.3, -0.25) is 9.79 Å². The lowest BCUT2D eigenvalue weighted by Gasteiger charge is -2.14. The smallest absolute Gasteiger partial charge is 0.251 e. The Morgan fingerprint density at radius 2 is 1.78 bits per heavy atom. The number of aliphatic imine (C=N–C) groups is 1. The zero-order valence-electron chi connectivity index (χ0n) is 16.5. The summed E-state index contributed by atoms with van der Waals surface area (Å²) in [5.41, 5.74) is 3.01. The summed E-state index contributed by atoms with van der Waals surface area (Å²) in [6, 6.07) is 18.2. The molecule has 5 heteroatoms. The fraction of sp³-hybridized carbons (Fsp3) is 0.364. The lowest BCUT2D eigenvalue weighted by atomic mass is 10.1. The molecule has 144 valence electrons. The Morgan fingerprint density at radius 1 is 1.04 bits per heavy atom. The molecule has 0 aliphatic carbocycles. The van der Waals surface area contributed by atoms with Gasteiger partial charge in [-0.15, -0.1) is 0 Å². The first-order chi connectivity index (χ1) is 13.1. The topological polar surface area (TPSA) is 65.5 Å². The highest BCUT2D eigenvalue weighted by molar-refractivity contribution is 5.94. The molecule has 0 aliphatic rings. The largest absolute Gasteiger partial charge is 0.356 e. The number of amides is 1. The van der Waals surface area contributed by atoms with Gasteiger partial charge in [0, 0.05) is 31.7 Å². The van der Waals surface area contributed by atoms with Gasteiger partial charge < -0.3 is 16.0 Å². The van der Waals surface area contributed by atoms with Crippen LogP contribution in [0.3, 0.4) is 0 Å². The van der Waals surface area contributed by atoms with Crippen LogP contribution in [-0.2, 0) is 13.0 Å². The number of hydrogen-bond donors (Lipinski definition) is 3. The summed E-state index contributed by atoms with van der Waals surface area (Å²) in [4.78, 5) is 16.5. The van der Waals surface area contributed by atoms with E-state index in [4.69, 9.17) is 0 Å². The Labute approximate surface area is 162 Å². The van der Waals surface area contributed by atoms with E-state index in [1.807, 2.05) is 49.4 Å². The van der Waals surface area contributed by atoms with Crippen LogP contribution in [0.25, 0.3) is 0 Å². The molecule has 0 fully saturated rings. The van der Waals surface area contributed by atoms with E-state index in [1.54, 1.807) is 7.05 Å². The van der Waals surface area contributed by atoms with E-state index in [2.05, 4.69) is 40.0 Å². The maximum absolute atomic E-state index is 12.3. The number of hydrogen-bond acceptors (Lipinski definition) is 2. The van der Waals surface area contributed by atoms with E-state index in [-0.39, 0.29) is 11.9 Å². The number of benzene rings is 2. The average molecular weight is 367 g/mol. The third-order valence-corrected chi connectivity index (χ3v) is 4.41. The highest BCUT2D eigenvalue weighted by Gasteiger charge is 2.09. The first-order valence-corrected chi connectivity index (χ1v) is 9.50. The molecule has 0 spiro atoms. The quantitative estimate of drug-likeness (QED) is 0.497. The molecule has 0 saturated heterocycles. The van der Waals surface area contributed by atoms with Crippen molar-refractivity contribution in [1.29, 1.82) is 0 Å². The van der Waals surface area contributed by atoms with Crippen LogP contribution in [0.2, 0.25) is 0 Å². The molecular weight excluding hydrogens is 336 g/mol. The minimum absolute atomic E-state index is 0.0310. The van der Waals surface area contributed by atoms with Gasteiger partial charge in [0.15, 0.2) is 5.96 Å². The van der Waals surface area contributed by atoms with Crippen molar-refractivity contribution in [1.82, 2.24) is 16.0 Å². The molecule has 0 heterocycles. The van der Waals surface area contributed by atoms with Gasteiger partial charge in [0.25, 0.3) is 5.91 Å². The Balaban J connectivity index is 1.83. The summed E-state index contributed by atoms with van der Waals surface area (Å²) in [6.07, 6.45) is 1.85. The summed E-state index contributed by atoms with van der Waals surface area (Å²) in [6.45, 7) is 5.48. The molecule has 3 N–H and O–H groups in total. The van der Waals surface area contributed by atoms with Gasteiger partial charge in [-0.25, -0.2) is 0 Å². The van der Waals surface area contributed by atoms with Crippen molar-refractivity contribution in [2.24, 2.45) is 4.99 Å². The van der Waals surface area contributed by atoms with E-state index >= 15 is 0 Å². The minimum atomic E-state index is -0.0310. The Bertz CT molecular complexity index is 743. The lowest BCUT2D eigenvalue weighted by Crippen LogP contribution is -2.38. The van der Waals surface area contributed by atoms with Crippen LogP contribution in [0.4, 0.5) is 0 Å². The number of nitrogens with one attached hydrogen (secondary N) is 3. The maximum atomic E-state index is 12.3. The summed E-state index contributed by atoms with van der Waals surface area (Å²) in [5, 5.41) is 9.61. The molecule has 1 atom stereocenters. The fourth-order valence-electron chi connectivity index (χ4n) is 2.61. The first-order valence-electron chi connectivity index (χ1n) is 9.50. The molecule has 0 aromatic heterocycles. The first kappa shape index (κ1) is 20.5. The standard InChI is InChI=1S/C22H30N4O/c1-4-17(2)26-21(27)20-12-8-11-19(15-20)16-25-22(23-3)24-14-13-18-9-6-5-7-10-18/h5-12,15,17H,4,13-14,16H2,1-3H3,(H,26,27)(H2,23,24,25). The summed E-state index contributed by atoms with van der Waals surface area (Å²) >= 11 is 0. The molecular formula is C22H30N4O. The van der Waals surface area contributed by atoms with Gasteiger partial charge in [-0.2, -0.15) is 0 Å². The Hall–Kier alpha value is -2.82. The van der Waals surface area contributed by atoms with Crippen LogP contribution in [-0.4, -0.2) is 31.5 Å². The maximum Gasteiger partial charge on any atom is 0.251 e. The normalized spacial score (nSPS) is 12.3. The van der Waals surface area contributed by atoms with Gasteiger partial charge >= 0.3 is 0 Å². The van der Waals surface area contributed by atoms with Gasteiger partial charge in [-0.05, 0) is 43.0 Å². The molecule has 27 heavy (non-hydrogen) atoms. The van der Waals surface area contributed by atoms with Crippen molar-refractivity contribution in [2.75, 3.05) is 13.6 Å². The predicted octanol–water partition coefficient (Wildman–Crippen LogP) is 3.12. The third-order valence-electron chi connectivity index (χ3n) is 4.41. The number of nitrogens with zero attached hydrogens (tertiary/aromatic N) is 1. The van der Waals surface area contributed by atoms with Crippen LogP contribution in [0.5, 0.6) is 0 Å². The van der Waals surface area contributed by atoms with Crippen molar-refractivity contribution < 1.29 is 4.79 Å². The van der Waals surface area contributed by atoms with Crippen LogP contribution >= 0.6 is 0 Å². The van der Waals surface area contributed by atoms with Crippen molar-refractivity contribution >= 4 is 11.9 Å². The summed E-state index contributed by atoms with van der Waals surface area (Å²) in [7, 11) is 1.76. The minimum Gasteiger partial charge on any atom is -0.356 e. The van der Waals surface area contributed by atoms with Gasteiger partial charge in [0.05, 0.1) is 0 Å². The van der Waals surface area contributed by atoms with E-state index in [1.165, 1.54) is 5.56 Å². The second-order valence-corrected chi connectivity index (χ2v) is 6.57. The summed E-state index contributed by atoms with van der Waals surface area (Å²) < 4.78 is 0. The zero-order valence-corrected chi connectivity index (χ0v) is 16.5. The van der Waals surface area contributed by atoms with Gasteiger partial charge in [0.1, 0.15) is 0 Å². The number of rotatable bonds is 8. The van der Waals surface area contributed by atoms with Crippen molar-refractivity contribution in [3.63, 3.8) is 0 Å². The summed E-state index contributed by atoms with van der Waals surface area (Å²) in [5.74, 6) is 0.719. The molecule has 1 amide bonds. The highest BCUT2D eigenvalue weighted by Crippen LogP contribution is 2.06.